The third kappa shape index (κ3) is 3.06. The second-order valence-electron chi connectivity index (χ2n) is 7.14. The molecule has 1 fully saturated rings. The van der Waals surface area contributed by atoms with E-state index in [0.717, 1.165) is 18.2 Å². The van der Waals surface area contributed by atoms with Crippen LogP contribution in [-0.2, 0) is 0 Å². The third-order valence-electron chi connectivity index (χ3n) is 4.34. The molecule has 1 saturated carbocycles. The summed E-state index contributed by atoms with van der Waals surface area (Å²) in [7, 11) is 1.78. The Kier molecular flexibility index (Phi) is 3.66. The van der Waals surface area contributed by atoms with Crippen LogP contribution in [0.25, 0.3) is 10.8 Å². The van der Waals surface area contributed by atoms with Gasteiger partial charge in [-0.1, -0.05) is 30.3 Å². The van der Waals surface area contributed by atoms with E-state index in [1.807, 2.05) is 0 Å². The lowest BCUT2D eigenvalue weighted by atomic mass is 9.98. The zero-order valence-corrected chi connectivity index (χ0v) is 13.4. The minimum Gasteiger partial charge on any atom is -0.496 e. The summed E-state index contributed by atoms with van der Waals surface area (Å²) < 4.78 is 5.63. The Bertz CT molecular complexity index is 642. The molecule has 2 nitrogen and oxygen atoms in total. The van der Waals surface area contributed by atoms with E-state index < -0.39 is 0 Å². The molecule has 112 valence electrons. The largest absolute Gasteiger partial charge is 0.496 e. The standard InChI is InChI=1S/C19H25NO/c1-19(2,3)20-12-14-11-16(14)18-15-8-6-5-7-13(15)9-10-17(18)21-4/h5-10,14,16,20H,11-12H2,1-4H3. The van der Waals surface area contributed by atoms with E-state index in [9.17, 15) is 0 Å². The van der Waals surface area contributed by atoms with Crippen molar-refractivity contribution >= 4 is 10.8 Å². The summed E-state index contributed by atoms with van der Waals surface area (Å²) >= 11 is 0. The highest BCUT2D eigenvalue weighted by molar-refractivity contribution is 5.88. The average Bonchev–Trinajstić information content (AvgIpc) is 3.22. The maximum absolute atomic E-state index is 5.63. The van der Waals surface area contributed by atoms with Crippen molar-refractivity contribution in [3.8, 4) is 5.75 Å². The number of ether oxygens (including phenoxy) is 1. The fourth-order valence-corrected chi connectivity index (χ4v) is 3.10. The van der Waals surface area contributed by atoms with Crippen LogP contribution in [0.4, 0.5) is 0 Å². The van der Waals surface area contributed by atoms with Crippen LogP contribution < -0.4 is 10.1 Å². The second-order valence-corrected chi connectivity index (χ2v) is 7.14. The number of hydrogen-bond acceptors (Lipinski definition) is 2. The number of rotatable bonds is 4. The van der Waals surface area contributed by atoms with Crippen molar-refractivity contribution in [2.75, 3.05) is 13.7 Å². The number of benzene rings is 2. The van der Waals surface area contributed by atoms with Gasteiger partial charge in [-0.15, -0.1) is 0 Å². The van der Waals surface area contributed by atoms with Gasteiger partial charge in [0, 0.05) is 11.1 Å². The van der Waals surface area contributed by atoms with E-state index >= 15 is 0 Å². The monoisotopic (exact) mass is 283 g/mol. The molecule has 1 aliphatic carbocycles. The fourth-order valence-electron chi connectivity index (χ4n) is 3.10. The number of methoxy groups -OCH3 is 1. The van der Waals surface area contributed by atoms with Gasteiger partial charge in [-0.3, -0.25) is 0 Å². The number of nitrogens with one attached hydrogen (secondary N) is 1. The highest BCUT2D eigenvalue weighted by atomic mass is 16.5. The third-order valence-corrected chi connectivity index (χ3v) is 4.34. The van der Waals surface area contributed by atoms with Gasteiger partial charge in [0.1, 0.15) is 5.75 Å². The maximum atomic E-state index is 5.63. The zero-order valence-electron chi connectivity index (χ0n) is 13.4. The Morgan fingerprint density at radius 1 is 1.14 bits per heavy atom. The van der Waals surface area contributed by atoms with Crippen molar-refractivity contribution in [2.45, 2.75) is 38.6 Å². The molecule has 0 amide bonds. The summed E-state index contributed by atoms with van der Waals surface area (Å²) in [6.45, 7) is 7.76. The average molecular weight is 283 g/mol. The molecule has 2 aromatic rings. The molecule has 2 atom stereocenters. The van der Waals surface area contributed by atoms with E-state index in [1.54, 1.807) is 7.11 Å². The van der Waals surface area contributed by atoms with Gasteiger partial charge in [0.05, 0.1) is 7.11 Å². The minimum atomic E-state index is 0.190. The van der Waals surface area contributed by atoms with Crippen LogP contribution in [0.3, 0.4) is 0 Å². The van der Waals surface area contributed by atoms with Crippen molar-refractivity contribution in [2.24, 2.45) is 5.92 Å². The van der Waals surface area contributed by atoms with Gasteiger partial charge in [0.2, 0.25) is 0 Å². The SMILES string of the molecule is COc1ccc2ccccc2c1C1CC1CNC(C)(C)C. The molecule has 0 saturated heterocycles. The molecule has 1 N–H and O–H groups in total. The first-order valence-corrected chi connectivity index (χ1v) is 7.80. The van der Waals surface area contributed by atoms with Gasteiger partial charge in [-0.2, -0.15) is 0 Å². The molecule has 2 aromatic carbocycles. The Morgan fingerprint density at radius 3 is 2.62 bits per heavy atom. The van der Waals surface area contributed by atoms with Gasteiger partial charge < -0.3 is 10.1 Å². The summed E-state index contributed by atoms with van der Waals surface area (Å²) in [5.41, 5.74) is 1.59. The van der Waals surface area contributed by atoms with Crippen molar-refractivity contribution in [3.05, 3.63) is 42.0 Å². The van der Waals surface area contributed by atoms with Gasteiger partial charge in [0.25, 0.3) is 0 Å². The molecular weight excluding hydrogens is 258 g/mol. The minimum absolute atomic E-state index is 0.190. The van der Waals surface area contributed by atoms with Crippen molar-refractivity contribution < 1.29 is 4.74 Å². The van der Waals surface area contributed by atoms with Crippen LogP contribution >= 0.6 is 0 Å². The predicted molar refractivity (Wildman–Crippen MR) is 89.1 cm³/mol. The van der Waals surface area contributed by atoms with Crippen LogP contribution in [0.5, 0.6) is 5.75 Å². The zero-order chi connectivity index (χ0) is 15.0. The van der Waals surface area contributed by atoms with Crippen LogP contribution in [0.2, 0.25) is 0 Å². The first-order valence-electron chi connectivity index (χ1n) is 7.80. The molecule has 0 bridgehead atoms. The number of fused-ring (bicyclic) bond motifs is 1. The second kappa shape index (κ2) is 5.34. The summed E-state index contributed by atoms with van der Waals surface area (Å²) in [5, 5.41) is 6.28. The van der Waals surface area contributed by atoms with Gasteiger partial charge in [0.15, 0.2) is 0 Å². The van der Waals surface area contributed by atoms with Gasteiger partial charge >= 0.3 is 0 Å². The Morgan fingerprint density at radius 2 is 1.90 bits per heavy atom. The highest BCUT2D eigenvalue weighted by Crippen LogP contribution is 2.52. The summed E-state index contributed by atoms with van der Waals surface area (Å²) in [4.78, 5) is 0. The molecule has 21 heavy (non-hydrogen) atoms. The molecular formula is C19H25NO. The molecule has 1 aliphatic rings. The lowest BCUT2D eigenvalue weighted by Gasteiger charge is -2.20. The molecule has 0 radical (unpaired) electrons. The first-order chi connectivity index (χ1) is 9.99. The van der Waals surface area contributed by atoms with Gasteiger partial charge in [-0.05, 0) is 62.4 Å². The first kappa shape index (κ1) is 14.4. The van der Waals surface area contributed by atoms with E-state index in [1.165, 1.54) is 22.8 Å². The molecule has 0 aliphatic heterocycles. The molecule has 3 rings (SSSR count). The lowest BCUT2D eigenvalue weighted by molar-refractivity contribution is 0.404. The Labute approximate surface area is 127 Å². The van der Waals surface area contributed by atoms with Crippen molar-refractivity contribution in [1.29, 1.82) is 0 Å². The topological polar surface area (TPSA) is 21.3 Å². The van der Waals surface area contributed by atoms with E-state index in [0.29, 0.717) is 5.92 Å². The molecule has 2 unspecified atom stereocenters. The van der Waals surface area contributed by atoms with E-state index in [-0.39, 0.29) is 5.54 Å². The fraction of sp³-hybridized carbons (Fsp3) is 0.474. The van der Waals surface area contributed by atoms with Gasteiger partial charge in [-0.25, -0.2) is 0 Å². The predicted octanol–water partition coefficient (Wildman–Crippen LogP) is 4.34. The maximum Gasteiger partial charge on any atom is 0.122 e. The van der Waals surface area contributed by atoms with Crippen LogP contribution in [0.15, 0.2) is 36.4 Å². The van der Waals surface area contributed by atoms with Crippen molar-refractivity contribution in [1.82, 2.24) is 5.32 Å². The molecule has 2 heteroatoms. The van der Waals surface area contributed by atoms with Crippen LogP contribution in [0, 0.1) is 5.92 Å². The summed E-state index contributed by atoms with van der Waals surface area (Å²) in [5.74, 6) is 2.39. The smallest absolute Gasteiger partial charge is 0.122 e. The van der Waals surface area contributed by atoms with E-state index in [4.69, 9.17) is 4.74 Å². The molecule has 0 heterocycles. The molecule has 0 aromatic heterocycles. The quantitative estimate of drug-likeness (QED) is 0.901. The summed E-state index contributed by atoms with van der Waals surface area (Å²) in [6.07, 6.45) is 1.26. The van der Waals surface area contributed by atoms with Crippen LogP contribution in [0.1, 0.15) is 38.7 Å². The van der Waals surface area contributed by atoms with Crippen molar-refractivity contribution in [3.63, 3.8) is 0 Å². The number of hydrogen-bond donors (Lipinski definition) is 1. The lowest BCUT2D eigenvalue weighted by Crippen LogP contribution is -2.37. The highest BCUT2D eigenvalue weighted by Gasteiger charge is 2.41. The Balaban J connectivity index is 1.87. The Hall–Kier alpha value is -1.54. The summed E-state index contributed by atoms with van der Waals surface area (Å²) in [6, 6.07) is 12.9. The normalized spacial score (nSPS) is 21.5. The molecule has 0 spiro atoms. The van der Waals surface area contributed by atoms with Crippen LogP contribution in [-0.4, -0.2) is 19.2 Å². The van der Waals surface area contributed by atoms with E-state index in [2.05, 4.69) is 62.5 Å².